The molecule has 0 aromatic carbocycles. The summed E-state index contributed by atoms with van der Waals surface area (Å²) in [6.45, 7) is 4.09. The van der Waals surface area contributed by atoms with Gasteiger partial charge in [-0.15, -0.1) is 12.4 Å². The molecule has 0 bridgehead atoms. The molecule has 1 saturated carbocycles. The number of halogens is 1. The SMILES string of the molecule is Cc1cc(=O)c(C(=O)NC(C)(CN)C2CC2)c[nH]1.Cl. The normalized spacial score (nSPS) is 17.2. The summed E-state index contributed by atoms with van der Waals surface area (Å²) < 4.78 is 0. The van der Waals surface area contributed by atoms with Crippen molar-refractivity contribution in [3.05, 3.63) is 33.7 Å². The molecule has 106 valence electrons. The maximum atomic E-state index is 12.1. The third kappa shape index (κ3) is 3.36. The van der Waals surface area contributed by atoms with Crippen LogP contribution in [0.25, 0.3) is 0 Å². The number of aromatic nitrogens is 1. The number of aromatic amines is 1. The molecule has 1 aromatic rings. The van der Waals surface area contributed by atoms with E-state index >= 15 is 0 Å². The Morgan fingerprint density at radius 3 is 2.68 bits per heavy atom. The van der Waals surface area contributed by atoms with Crippen LogP contribution in [0.3, 0.4) is 0 Å². The monoisotopic (exact) mass is 285 g/mol. The third-order valence-electron chi connectivity index (χ3n) is 3.60. The van der Waals surface area contributed by atoms with Gasteiger partial charge in [-0.25, -0.2) is 0 Å². The van der Waals surface area contributed by atoms with E-state index in [-0.39, 0.29) is 29.3 Å². The van der Waals surface area contributed by atoms with Crippen molar-refractivity contribution in [2.75, 3.05) is 6.54 Å². The molecule has 6 heteroatoms. The number of rotatable bonds is 4. The number of hydrogen-bond donors (Lipinski definition) is 3. The Labute approximate surface area is 118 Å². The Hall–Kier alpha value is -1.33. The van der Waals surface area contributed by atoms with Gasteiger partial charge < -0.3 is 16.0 Å². The fraction of sp³-hybridized carbons (Fsp3) is 0.538. The number of carbonyl (C=O) groups excluding carboxylic acids is 1. The van der Waals surface area contributed by atoms with Gasteiger partial charge in [0.25, 0.3) is 5.91 Å². The van der Waals surface area contributed by atoms with E-state index in [0.717, 1.165) is 18.5 Å². The van der Waals surface area contributed by atoms with Crippen LogP contribution in [0, 0.1) is 12.8 Å². The van der Waals surface area contributed by atoms with Crippen molar-refractivity contribution in [3.63, 3.8) is 0 Å². The quantitative estimate of drug-likeness (QED) is 0.770. The van der Waals surface area contributed by atoms with Crippen LogP contribution in [-0.2, 0) is 0 Å². The van der Waals surface area contributed by atoms with Crippen molar-refractivity contribution < 1.29 is 4.79 Å². The molecule has 1 amide bonds. The molecule has 1 unspecified atom stereocenters. The molecule has 4 N–H and O–H groups in total. The van der Waals surface area contributed by atoms with Crippen LogP contribution in [0.1, 0.15) is 35.8 Å². The Kier molecular flexibility index (Phi) is 4.76. The van der Waals surface area contributed by atoms with E-state index in [0.29, 0.717) is 12.5 Å². The highest BCUT2D eigenvalue weighted by atomic mass is 35.5. The van der Waals surface area contributed by atoms with Gasteiger partial charge in [0.05, 0.1) is 5.54 Å². The fourth-order valence-corrected chi connectivity index (χ4v) is 2.12. The van der Waals surface area contributed by atoms with Crippen molar-refractivity contribution in [1.29, 1.82) is 0 Å². The summed E-state index contributed by atoms with van der Waals surface area (Å²) in [4.78, 5) is 26.7. The predicted molar refractivity (Wildman–Crippen MR) is 76.7 cm³/mol. The summed E-state index contributed by atoms with van der Waals surface area (Å²) in [7, 11) is 0. The second kappa shape index (κ2) is 5.75. The minimum atomic E-state index is -0.408. The molecular formula is C13H20ClN3O2. The van der Waals surface area contributed by atoms with Gasteiger partial charge in [-0.1, -0.05) is 0 Å². The highest BCUT2D eigenvalue weighted by Crippen LogP contribution is 2.39. The molecule has 5 nitrogen and oxygen atoms in total. The van der Waals surface area contributed by atoms with E-state index in [1.165, 1.54) is 12.3 Å². The number of nitrogens with two attached hydrogens (primary N) is 1. The molecule has 19 heavy (non-hydrogen) atoms. The highest BCUT2D eigenvalue weighted by molar-refractivity contribution is 5.94. The zero-order chi connectivity index (χ0) is 13.3. The van der Waals surface area contributed by atoms with Crippen molar-refractivity contribution >= 4 is 18.3 Å². The first-order valence-corrected chi connectivity index (χ1v) is 6.18. The van der Waals surface area contributed by atoms with E-state index in [2.05, 4.69) is 10.3 Å². The van der Waals surface area contributed by atoms with E-state index in [4.69, 9.17) is 5.73 Å². The predicted octanol–water partition coefficient (Wildman–Crippen LogP) is 0.962. The molecule has 1 aliphatic carbocycles. The first-order valence-electron chi connectivity index (χ1n) is 6.18. The number of amides is 1. The standard InChI is InChI=1S/C13H19N3O2.ClH/c1-8-5-11(17)10(6-15-8)12(18)16-13(2,7-14)9-3-4-9;/h5-6,9H,3-4,7,14H2,1-2H3,(H,15,17)(H,16,18);1H. The van der Waals surface area contributed by atoms with Crippen LogP contribution < -0.4 is 16.5 Å². The van der Waals surface area contributed by atoms with Gasteiger partial charge in [-0.3, -0.25) is 9.59 Å². The first kappa shape index (κ1) is 15.7. The number of nitrogens with one attached hydrogen (secondary N) is 2. The average molecular weight is 286 g/mol. The summed E-state index contributed by atoms with van der Waals surface area (Å²) in [5, 5.41) is 2.90. The number of H-pyrrole nitrogens is 1. The lowest BCUT2D eigenvalue weighted by Gasteiger charge is -2.29. The fourth-order valence-electron chi connectivity index (χ4n) is 2.12. The van der Waals surface area contributed by atoms with Crippen LogP contribution in [0.4, 0.5) is 0 Å². The third-order valence-corrected chi connectivity index (χ3v) is 3.60. The lowest BCUT2D eigenvalue weighted by atomic mass is 9.95. The lowest BCUT2D eigenvalue weighted by molar-refractivity contribution is 0.0896. The van der Waals surface area contributed by atoms with Crippen molar-refractivity contribution in [2.24, 2.45) is 11.7 Å². The summed E-state index contributed by atoms with van der Waals surface area (Å²) in [5.41, 5.74) is 5.94. The first-order chi connectivity index (χ1) is 8.46. The molecule has 1 atom stereocenters. The summed E-state index contributed by atoms with van der Waals surface area (Å²) in [6, 6.07) is 1.42. The van der Waals surface area contributed by atoms with Gasteiger partial charge in [-0.2, -0.15) is 0 Å². The largest absolute Gasteiger partial charge is 0.364 e. The average Bonchev–Trinajstić information content (AvgIpc) is 3.12. The van der Waals surface area contributed by atoms with Crippen molar-refractivity contribution in [2.45, 2.75) is 32.2 Å². The van der Waals surface area contributed by atoms with Gasteiger partial charge in [-0.05, 0) is 32.6 Å². The Morgan fingerprint density at radius 1 is 1.58 bits per heavy atom. The van der Waals surface area contributed by atoms with Crippen molar-refractivity contribution in [3.8, 4) is 0 Å². The summed E-state index contributed by atoms with van der Waals surface area (Å²) in [5.74, 6) is 0.0760. The number of pyridine rings is 1. The van der Waals surface area contributed by atoms with Gasteiger partial charge in [0.15, 0.2) is 5.43 Å². The molecule has 1 fully saturated rings. The van der Waals surface area contributed by atoms with Gasteiger partial charge >= 0.3 is 0 Å². The second-order valence-corrected chi connectivity index (χ2v) is 5.24. The van der Waals surface area contributed by atoms with Gasteiger partial charge in [0, 0.05) is 24.5 Å². The van der Waals surface area contributed by atoms with Crippen LogP contribution in [0.5, 0.6) is 0 Å². The Balaban J connectivity index is 0.00000180. The van der Waals surface area contributed by atoms with Crippen LogP contribution in [0.15, 0.2) is 17.1 Å². The van der Waals surface area contributed by atoms with E-state index in [9.17, 15) is 9.59 Å². The Bertz CT molecular complexity index is 525. The highest BCUT2D eigenvalue weighted by Gasteiger charge is 2.41. The number of hydrogen-bond acceptors (Lipinski definition) is 3. The Morgan fingerprint density at radius 2 is 2.21 bits per heavy atom. The smallest absolute Gasteiger partial charge is 0.257 e. The molecule has 1 heterocycles. The van der Waals surface area contributed by atoms with E-state index in [1.54, 1.807) is 6.92 Å². The molecule has 0 saturated heterocycles. The van der Waals surface area contributed by atoms with E-state index in [1.807, 2.05) is 6.92 Å². The molecule has 0 radical (unpaired) electrons. The molecule has 2 rings (SSSR count). The summed E-state index contributed by atoms with van der Waals surface area (Å²) >= 11 is 0. The van der Waals surface area contributed by atoms with Crippen LogP contribution >= 0.6 is 12.4 Å². The lowest BCUT2D eigenvalue weighted by Crippen LogP contribution is -2.53. The van der Waals surface area contributed by atoms with Crippen LogP contribution in [-0.4, -0.2) is 23.0 Å². The molecule has 0 spiro atoms. The molecule has 0 aliphatic heterocycles. The van der Waals surface area contributed by atoms with Gasteiger partial charge in [0.2, 0.25) is 0 Å². The zero-order valence-electron chi connectivity index (χ0n) is 11.2. The number of aryl methyl sites for hydroxylation is 1. The topological polar surface area (TPSA) is 88.0 Å². The maximum Gasteiger partial charge on any atom is 0.257 e. The minimum Gasteiger partial charge on any atom is -0.364 e. The molecule has 1 aromatic heterocycles. The molecule has 1 aliphatic rings. The van der Waals surface area contributed by atoms with Crippen LogP contribution in [0.2, 0.25) is 0 Å². The molecular weight excluding hydrogens is 266 g/mol. The minimum absolute atomic E-state index is 0. The van der Waals surface area contributed by atoms with E-state index < -0.39 is 5.54 Å². The van der Waals surface area contributed by atoms with Crippen molar-refractivity contribution in [1.82, 2.24) is 10.3 Å². The zero-order valence-corrected chi connectivity index (χ0v) is 12.0. The number of carbonyl (C=O) groups is 1. The maximum absolute atomic E-state index is 12.1. The second-order valence-electron chi connectivity index (χ2n) is 5.24. The summed E-state index contributed by atoms with van der Waals surface area (Å²) in [6.07, 6.45) is 3.62. The van der Waals surface area contributed by atoms with Gasteiger partial charge in [0.1, 0.15) is 5.56 Å².